The summed E-state index contributed by atoms with van der Waals surface area (Å²) in [5.74, 6) is -0.0794. The summed E-state index contributed by atoms with van der Waals surface area (Å²) in [6.45, 7) is 1.17. The summed E-state index contributed by atoms with van der Waals surface area (Å²) in [4.78, 5) is 15.6. The number of benzene rings is 2. The lowest BCUT2D eigenvalue weighted by atomic mass is 10.1. The third-order valence-corrected chi connectivity index (χ3v) is 4.15. The predicted molar refractivity (Wildman–Crippen MR) is 97.2 cm³/mol. The van der Waals surface area contributed by atoms with Crippen LogP contribution in [0.25, 0.3) is 10.9 Å². The van der Waals surface area contributed by atoms with Gasteiger partial charge in [-0.3, -0.25) is 9.48 Å². The third kappa shape index (κ3) is 3.45. The molecule has 0 saturated heterocycles. The van der Waals surface area contributed by atoms with Crippen molar-refractivity contribution in [2.24, 2.45) is 0 Å². The summed E-state index contributed by atoms with van der Waals surface area (Å²) in [6.07, 6.45) is 3.67. The highest BCUT2D eigenvalue weighted by Crippen LogP contribution is 2.14. The number of carbonyl (C=O) groups excluding carboxylic acids is 1. The molecule has 2 N–H and O–H groups in total. The van der Waals surface area contributed by atoms with Crippen LogP contribution in [0.2, 0.25) is 0 Å². The van der Waals surface area contributed by atoms with E-state index >= 15 is 0 Å². The van der Waals surface area contributed by atoms with Gasteiger partial charge in [-0.05, 0) is 41.3 Å². The Bertz CT molecular complexity index is 951. The zero-order valence-electron chi connectivity index (χ0n) is 13.6. The van der Waals surface area contributed by atoms with E-state index in [0.29, 0.717) is 18.7 Å². The lowest BCUT2D eigenvalue weighted by Gasteiger charge is -2.06. The SMILES string of the molecule is O=C(NCc1cc2ccccc2[nH]1)c1ccc(Cn2cccn2)cc1. The molecular weight excluding hydrogens is 312 g/mol. The van der Waals surface area contributed by atoms with E-state index in [4.69, 9.17) is 0 Å². The molecule has 4 rings (SSSR count). The lowest BCUT2D eigenvalue weighted by molar-refractivity contribution is 0.0950. The molecule has 5 nitrogen and oxygen atoms in total. The van der Waals surface area contributed by atoms with Crippen molar-refractivity contribution in [3.8, 4) is 0 Å². The molecule has 124 valence electrons. The molecule has 0 aliphatic rings. The number of para-hydroxylation sites is 1. The van der Waals surface area contributed by atoms with E-state index in [0.717, 1.165) is 22.2 Å². The minimum Gasteiger partial charge on any atom is -0.357 e. The van der Waals surface area contributed by atoms with Crippen LogP contribution in [0.1, 0.15) is 21.6 Å². The van der Waals surface area contributed by atoms with E-state index in [1.807, 2.05) is 59.4 Å². The zero-order valence-corrected chi connectivity index (χ0v) is 13.6. The number of aromatic nitrogens is 3. The van der Waals surface area contributed by atoms with E-state index in [1.54, 1.807) is 6.20 Å². The first-order valence-corrected chi connectivity index (χ1v) is 8.19. The summed E-state index contributed by atoms with van der Waals surface area (Å²) >= 11 is 0. The third-order valence-electron chi connectivity index (χ3n) is 4.15. The number of amides is 1. The van der Waals surface area contributed by atoms with Gasteiger partial charge in [-0.2, -0.15) is 5.10 Å². The maximum absolute atomic E-state index is 12.3. The fourth-order valence-corrected chi connectivity index (χ4v) is 2.85. The average molecular weight is 330 g/mol. The number of hydrogen-bond acceptors (Lipinski definition) is 2. The van der Waals surface area contributed by atoms with Crippen LogP contribution >= 0.6 is 0 Å². The standard InChI is InChI=1S/C20H18N4O/c25-20(21-13-18-12-17-4-1-2-5-19(17)23-18)16-8-6-15(7-9-16)14-24-11-3-10-22-24/h1-12,23H,13-14H2,(H,21,25). The summed E-state index contributed by atoms with van der Waals surface area (Å²) < 4.78 is 1.85. The second-order valence-corrected chi connectivity index (χ2v) is 5.97. The maximum atomic E-state index is 12.3. The van der Waals surface area contributed by atoms with Crippen molar-refractivity contribution in [2.45, 2.75) is 13.1 Å². The van der Waals surface area contributed by atoms with Crippen molar-refractivity contribution < 1.29 is 4.79 Å². The molecule has 0 radical (unpaired) electrons. The van der Waals surface area contributed by atoms with Crippen molar-refractivity contribution in [1.29, 1.82) is 0 Å². The normalized spacial score (nSPS) is 10.9. The van der Waals surface area contributed by atoms with Crippen LogP contribution in [0.5, 0.6) is 0 Å². The van der Waals surface area contributed by atoms with Gasteiger partial charge < -0.3 is 10.3 Å². The van der Waals surface area contributed by atoms with Crippen LogP contribution in [0, 0.1) is 0 Å². The maximum Gasteiger partial charge on any atom is 0.251 e. The molecule has 0 unspecified atom stereocenters. The van der Waals surface area contributed by atoms with Gasteiger partial charge in [0.1, 0.15) is 0 Å². The Kier molecular flexibility index (Phi) is 4.04. The number of rotatable bonds is 5. The molecule has 25 heavy (non-hydrogen) atoms. The molecule has 5 heteroatoms. The van der Waals surface area contributed by atoms with Gasteiger partial charge in [0.25, 0.3) is 5.91 Å². The number of fused-ring (bicyclic) bond motifs is 1. The fourth-order valence-electron chi connectivity index (χ4n) is 2.85. The molecule has 2 aromatic carbocycles. The van der Waals surface area contributed by atoms with Crippen molar-refractivity contribution in [1.82, 2.24) is 20.1 Å². The van der Waals surface area contributed by atoms with E-state index in [9.17, 15) is 4.79 Å². The molecule has 4 aromatic rings. The van der Waals surface area contributed by atoms with Gasteiger partial charge in [0.2, 0.25) is 0 Å². The number of carbonyl (C=O) groups is 1. The van der Waals surface area contributed by atoms with Crippen LogP contribution < -0.4 is 5.32 Å². The highest BCUT2D eigenvalue weighted by Gasteiger charge is 2.07. The number of aromatic amines is 1. The molecule has 0 saturated carbocycles. The molecule has 0 spiro atoms. The van der Waals surface area contributed by atoms with E-state index in [1.165, 1.54) is 0 Å². The first-order chi connectivity index (χ1) is 12.3. The van der Waals surface area contributed by atoms with Gasteiger partial charge in [0.15, 0.2) is 0 Å². The summed E-state index contributed by atoms with van der Waals surface area (Å²) in [6, 6.07) is 19.6. The Morgan fingerprint density at radius 1 is 1.08 bits per heavy atom. The minimum absolute atomic E-state index is 0.0794. The van der Waals surface area contributed by atoms with E-state index in [-0.39, 0.29) is 5.91 Å². The van der Waals surface area contributed by atoms with Crippen LogP contribution in [-0.4, -0.2) is 20.7 Å². The first-order valence-electron chi connectivity index (χ1n) is 8.19. The minimum atomic E-state index is -0.0794. The number of H-pyrrole nitrogens is 1. The molecule has 2 aromatic heterocycles. The van der Waals surface area contributed by atoms with E-state index < -0.39 is 0 Å². The van der Waals surface area contributed by atoms with Crippen LogP contribution in [-0.2, 0) is 13.1 Å². The Morgan fingerprint density at radius 3 is 2.68 bits per heavy atom. The lowest BCUT2D eigenvalue weighted by Crippen LogP contribution is -2.22. The quantitative estimate of drug-likeness (QED) is 0.589. The number of hydrogen-bond donors (Lipinski definition) is 2. The monoisotopic (exact) mass is 330 g/mol. The zero-order chi connectivity index (χ0) is 17.1. The van der Waals surface area contributed by atoms with Gasteiger partial charge >= 0.3 is 0 Å². The second-order valence-electron chi connectivity index (χ2n) is 5.97. The molecule has 2 heterocycles. The Morgan fingerprint density at radius 2 is 1.92 bits per heavy atom. The van der Waals surface area contributed by atoms with E-state index in [2.05, 4.69) is 27.5 Å². The Hall–Kier alpha value is -3.34. The van der Waals surface area contributed by atoms with Gasteiger partial charge in [0, 0.05) is 29.2 Å². The molecule has 0 aliphatic carbocycles. The van der Waals surface area contributed by atoms with Crippen LogP contribution in [0.4, 0.5) is 0 Å². The highest BCUT2D eigenvalue weighted by atomic mass is 16.1. The highest BCUT2D eigenvalue weighted by molar-refractivity contribution is 5.94. The van der Waals surface area contributed by atoms with Crippen molar-refractivity contribution >= 4 is 16.8 Å². The molecular formula is C20H18N4O. The molecule has 0 atom stereocenters. The van der Waals surface area contributed by atoms with Gasteiger partial charge in [-0.15, -0.1) is 0 Å². The summed E-state index contributed by atoms with van der Waals surface area (Å²) in [7, 11) is 0. The molecule has 0 bridgehead atoms. The topological polar surface area (TPSA) is 62.7 Å². The van der Waals surface area contributed by atoms with Crippen molar-refractivity contribution in [3.63, 3.8) is 0 Å². The largest absolute Gasteiger partial charge is 0.357 e. The van der Waals surface area contributed by atoms with Gasteiger partial charge in [0.05, 0.1) is 13.1 Å². The van der Waals surface area contributed by atoms with Crippen molar-refractivity contribution in [3.05, 3.63) is 89.9 Å². The van der Waals surface area contributed by atoms with Crippen LogP contribution in [0.3, 0.4) is 0 Å². The number of nitrogens with one attached hydrogen (secondary N) is 2. The Balaban J connectivity index is 1.38. The summed E-state index contributed by atoms with van der Waals surface area (Å²) in [5.41, 5.74) is 3.83. The van der Waals surface area contributed by atoms with Gasteiger partial charge in [-0.25, -0.2) is 0 Å². The Labute approximate surface area is 145 Å². The average Bonchev–Trinajstić information content (AvgIpc) is 3.29. The first kappa shape index (κ1) is 15.2. The number of nitrogens with zero attached hydrogens (tertiary/aromatic N) is 2. The summed E-state index contributed by atoms with van der Waals surface area (Å²) in [5, 5.41) is 8.29. The van der Waals surface area contributed by atoms with Crippen molar-refractivity contribution in [2.75, 3.05) is 0 Å². The van der Waals surface area contributed by atoms with Crippen LogP contribution in [0.15, 0.2) is 73.1 Å². The smallest absolute Gasteiger partial charge is 0.251 e. The predicted octanol–water partition coefficient (Wildman–Crippen LogP) is 3.34. The van der Waals surface area contributed by atoms with Gasteiger partial charge in [-0.1, -0.05) is 30.3 Å². The second kappa shape index (κ2) is 6.65. The fraction of sp³-hybridized carbons (Fsp3) is 0.100. The molecule has 0 aliphatic heterocycles. The molecule has 1 amide bonds. The molecule has 0 fully saturated rings.